The molecule has 2 aromatic heterocycles. The van der Waals surface area contributed by atoms with Crippen LogP contribution < -0.4 is 5.56 Å². The molecule has 1 N–H and O–H groups in total. The highest BCUT2D eigenvalue weighted by Crippen LogP contribution is 2.24. The van der Waals surface area contributed by atoms with Crippen molar-refractivity contribution in [3.8, 4) is 10.6 Å². The number of carbonyl (C=O) groups is 2. The van der Waals surface area contributed by atoms with Crippen LogP contribution in [0.25, 0.3) is 10.6 Å². The molecule has 0 radical (unpaired) electrons. The normalized spacial score (nSPS) is 10.4. The molecule has 0 bridgehead atoms. The number of aromatic nitrogens is 1. The maximum absolute atomic E-state index is 12.2. The minimum atomic E-state index is -1.26. The van der Waals surface area contributed by atoms with E-state index >= 15 is 0 Å². The van der Waals surface area contributed by atoms with Crippen molar-refractivity contribution in [3.63, 3.8) is 0 Å². The van der Waals surface area contributed by atoms with Crippen molar-refractivity contribution >= 4 is 23.1 Å². The van der Waals surface area contributed by atoms with Crippen LogP contribution in [0.3, 0.4) is 0 Å². The van der Waals surface area contributed by atoms with Crippen LogP contribution in [0.5, 0.6) is 0 Å². The second-order valence-electron chi connectivity index (χ2n) is 4.32. The van der Waals surface area contributed by atoms with E-state index in [1.807, 2.05) is 17.5 Å². The van der Waals surface area contributed by atoms with Crippen LogP contribution in [0.2, 0.25) is 0 Å². The summed E-state index contributed by atoms with van der Waals surface area (Å²) in [5.41, 5.74) is -0.227. The zero-order valence-corrected chi connectivity index (χ0v) is 11.6. The fourth-order valence-corrected chi connectivity index (χ4v) is 2.63. The number of Topliss-reactive ketones (excluding diaryl/α,β-unsaturated/α-hetero) is 1. The SMILES string of the molecule is CC(=O)CCn1c(-c2cccs2)ccc(C(=O)O)c1=O. The number of pyridine rings is 1. The first-order chi connectivity index (χ1) is 9.50. The standard InChI is InChI=1S/C14H13NO4S/c1-9(16)6-7-15-11(12-3-2-8-20-12)5-4-10(13(15)17)14(18)19/h2-5,8H,6-7H2,1H3,(H,18,19). The van der Waals surface area contributed by atoms with Crippen LogP contribution in [0.1, 0.15) is 23.7 Å². The minimum Gasteiger partial charge on any atom is -0.477 e. The molecule has 0 spiro atoms. The van der Waals surface area contributed by atoms with E-state index < -0.39 is 11.5 Å². The third-order valence-electron chi connectivity index (χ3n) is 2.87. The Balaban J connectivity index is 2.57. The number of hydrogen-bond acceptors (Lipinski definition) is 4. The quantitative estimate of drug-likeness (QED) is 0.916. The lowest BCUT2D eigenvalue weighted by Crippen LogP contribution is -2.28. The Hall–Kier alpha value is -2.21. The highest BCUT2D eigenvalue weighted by molar-refractivity contribution is 7.13. The van der Waals surface area contributed by atoms with Crippen molar-refractivity contribution in [2.24, 2.45) is 0 Å². The van der Waals surface area contributed by atoms with E-state index in [1.54, 1.807) is 6.07 Å². The second-order valence-corrected chi connectivity index (χ2v) is 5.27. The summed E-state index contributed by atoms with van der Waals surface area (Å²) in [6.45, 7) is 1.62. The maximum Gasteiger partial charge on any atom is 0.341 e. The Bertz CT molecular complexity index is 700. The Labute approximate surface area is 119 Å². The van der Waals surface area contributed by atoms with E-state index in [-0.39, 0.29) is 24.3 Å². The van der Waals surface area contributed by atoms with Crippen molar-refractivity contribution in [2.75, 3.05) is 0 Å². The van der Waals surface area contributed by atoms with Crippen LogP contribution in [0.15, 0.2) is 34.4 Å². The Kier molecular flexibility index (Phi) is 4.14. The first-order valence-electron chi connectivity index (χ1n) is 6.01. The molecule has 20 heavy (non-hydrogen) atoms. The Morgan fingerprint density at radius 1 is 1.30 bits per heavy atom. The number of thiophene rings is 1. The lowest BCUT2D eigenvalue weighted by molar-refractivity contribution is -0.117. The number of ketones is 1. The molecule has 0 atom stereocenters. The summed E-state index contributed by atoms with van der Waals surface area (Å²) in [5, 5.41) is 10.9. The van der Waals surface area contributed by atoms with Gasteiger partial charge in [-0.25, -0.2) is 4.79 Å². The molecule has 2 heterocycles. The number of hydrogen-bond donors (Lipinski definition) is 1. The van der Waals surface area contributed by atoms with Crippen molar-refractivity contribution < 1.29 is 14.7 Å². The lowest BCUT2D eigenvalue weighted by atomic mass is 10.2. The predicted molar refractivity (Wildman–Crippen MR) is 76.3 cm³/mol. The number of aromatic carboxylic acids is 1. The van der Waals surface area contributed by atoms with E-state index in [0.717, 1.165) is 4.88 Å². The molecule has 104 valence electrons. The van der Waals surface area contributed by atoms with Crippen molar-refractivity contribution in [1.29, 1.82) is 0 Å². The van der Waals surface area contributed by atoms with Crippen molar-refractivity contribution in [2.45, 2.75) is 19.9 Å². The first kappa shape index (κ1) is 14.2. The van der Waals surface area contributed by atoms with Gasteiger partial charge < -0.3 is 9.67 Å². The summed E-state index contributed by atoms with van der Waals surface area (Å²) in [4.78, 5) is 35.2. The molecule has 0 aliphatic rings. The van der Waals surface area contributed by atoms with Gasteiger partial charge in [0, 0.05) is 13.0 Å². The summed E-state index contributed by atoms with van der Waals surface area (Å²) in [5.74, 6) is -1.31. The molecule has 6 heteroatoms. The van der Waals surface area contributed by atoms with Gasteiger partial charge in [0.05, 0.1) is 10.6 Å². The number of carbonyl (C=O) groups excluding carboxylic acids is 1. The van der Waals surface area contributed by atoms with Gasteiger partial charge in [-0.2, -0.15) is 0 Å². The molecule has 0 saturated heterocycles. The number of carboxylic acid groups (broad SMARTS) is 1. The Morgan fingerprint density at radius 3 is 2.60 bits per heavy atom. The van der Waals surface area contributed by atoms with Gasteiger partial charge in [0.1, 0.15) is 11.3 Å². The average Bonchev–Trinajstić information content (AvgIpc) is 2.89. The highest BCUT2D eigenvalue weighted by atomic mass is 32.1. The van der Waals surface area contributed by atoms with Crippen LogP contribution in [0, 0.1) is 0 Å². The average molecular weight is 291 g/mol. The highest BCUT2D eigenvalue weighted by Gasteiger charge is 2.15. The van der Waals surface area contributed by atoms with E-state index in [9.17, 15) is 14.4 Å². The second kappa shape index (κ2) is 5.83. The lowest BCUT2D eigenvalue weighted by Gasteiger charge is -2.11. The summed E-state index contributed by atoms with van der Waals surface area (Å²) in [7, 11) is 0. The number of rotatable bonds is 5. The molecule has 0 saturated carbocycles. The van der Waals surface area contributed by atoms with Gasteiger partial charge in [-0.05, 0) is 30.5 Å². The summed E-state index contributed by atoms with van der Waals surface area (Å²) in [6, 6.07) is 6.62. The van der Waals surface area contributed by atoms with Gasteiger partial charge in [0.2, 0.25) is 0 Å². The molecule has 0 aliphatic heterocycles. The zero-order valence-electron chi connectivity index (χ0n) is 10.8. The Morgan fingerprint density at radius 2 is 2.05 bits per heavy atom. The minimum absolute atomic E-state index is 0.0465. The first-order valence-corrected chi connectivity index (χ1v) is 6.89. The van der Waals surface area contributed by atoms with Gasteiger partial charge in [-0.15, -0.1) is 11.3 Å². The van der Waals surface area contributed by atoms with Crippen molar-refractivity contribution in [1.82, 2.24) is 4.57 Å². The summed E-state index contributed by atoms with van der Waals surface area (Å²) < 4.78 is 1.36. The van der Waals surface area contributed by atoms with Crippen LogP contribution in [-0.4, -0.2) is 21.4 Å². The molecule has 5 nitrogen and oxygen atoms in total. The number of nitrogens with zero attached hydrogens (tertiary/aromatic N) is 1. The van der Waals surface area contributed by atoms with Gasteiger partial charge in [-0.1, -0.05) is 6.07 Å². The van der Waals surface area contributed by atoms with Gasteiger partial charge in [0.25, 0.3) is 5.56 Å². The van der Waals surface area contributed by atoms with Crippen LogP contribution >= 0.6 is 11.3 Å². The smallest absolute Gasteiger partial charge is 0.341 e. The predicted octanol–water partition coefficient (Wildman–Crippen LogP) is 2.25. The molecule has 2 aromatic rings. The third kappa shape index (κ3) is 2.85. The van der Waals surface area contributed by atoms with E-state index in [2.05, 4.69) is 0 Å². The molecule has 0 fully saturated rings. The molecule has 2 rings (SSSR count). The molecule has 0 aromatic carbocycles. The topological polar surface area (TPSA) is 76.4 Å². The molecule has 0 aliphatic carbocycles. The van der Waals surface area contributed by atoms with E-state index in [4.69, 9.17) is 5.11 Å². The summed E-state index contributed by atoms with van der Waals surface area (Å²) in [6.07, 6.45) is 0.196. The maximum atomic E-state index is 12.2. The molecule has 0 amide bonds. The third-order valence-corrected chi connectivity index (χ3v) is 3.76. The molecular weight excluding hydrogens is 278 g/mol. The summed E-state index contributed by atoms with van der Waals surface area (Å²) >= 11 is 1.46. The largest absolute Gasteiger partial charge is 0.477 e. The van der Waals surface area contributed by atoms with Gasteiger partial charge in [-0.3, -0.25) is 9.59 Å². The van der Waals surface area contributed by atoms with Gasteiger partial charge >= 0.3 is 5.97 Å². The van der Waals surface area contributed by atoms with Crippen LogP contribution in [-0.2, 0) is 11.3 Å². The van der Waals surface area contributed by atoms with Crippen molar-refractivity contribution in [3.05, 3.63) is 45.6 Å². The molecule has 0 unspecified atom stereocenters. The fraction of sp³-hybridized carbons (Fsp3) is 0.214. The molecular formula is C14H13NO4S. The van der Waals surface area contributed by atoms with E-state index in [0.29, 0.717) is 5.69 Å². The van der Waals surface area contributed by atoms with Gasteiger partial charge in [0.15, 0.2) is 0 Å². The van der Waals surface area contributed by atoms with Crippen LogP contribution in [0.4, 0.5) is 0 Å². The monoisotopic (exact) mass is 291 g/mol. The van der Waals surface area contributed by atoms with E-state index in [1.165, 1.54) is 28.9 Å². The zero-order chi connectivity index (χ0) is 14.7. The number of carboxylic acids is 1. The fourth-order valence-electron chi connectivity index (χ4n) is 1.87.